The van der Waals surface area contributed by atoms with Crippen LogP contribution in [0, 0.1) is 0 Å². The molecule has 0 aliphatic rings. The number of phenols is 1. The van der Waals surface area contributed by atoms with Crippen LogP contribution in [0.1, 0.15) is 30.9 Å². The fourth-order valence-corrected chi connectivity index (χ4v) is 3.00. The zero-order valence-corrected chi connectivity index (χ0v) is 15.2. The SMILES string of the molecule is CCCCN(Cc1ccccc1)Cc1cc(-c2cnccn2)ccc1O. The molecule has 1 N–H and O–H groups in total. The van der Waals surface area contributed by atoms with Crippen molar-refractivity contribution in [2.24, 2.45) is 0 Å². The molecule has 0 amide bonds. The van der Waals surface area contributed by atoms with E-state index < -0.39 is 0 Å². The molecule has 4 nitrogen and oxygen atoms in total. The molecule has 0 fully saturated rings. The Kier molecular flexibility index (Phi) is 6.34. The number of aromatic nitrogens is 2. The van der Waals surface area contributed by atoms with Crippen molar-refractivity contribution in [2.75, 3.05) is 6.54 Å². The van der Waals surface area contributed by atoms with Crippen molar-refractivity contribution >= 4 is 0 Å². The summed E-state index contributed by atoms with van der Waals surface area (Å²) < 4.78 is 0. The summed E-state index contributed by atoms with van der Waals surface area (Å²) in [6.07, 6.45) is 7.38. The number of rotatable bonds is 8. The van der Waals surface area contributed by atoms with Gasteiger partial charge in [-0.25, -0.2) is 0 Å². The molecule has 26 heavy (non-hydrogen) atoms. The first-order chi connectivity index (χ1) is 12.8. The van der Waals surface area contributed by atoms with Gasteiger partial charge in [0.05, 0.1) is 11.9 Å². The summed E-state index contributed by atoms with van der Waals surface area (Å²) in [7, 11) is 0. The fourth-order valence-electron chi connectivity index (χ4n) is 3.00. The maximum absolute atomic E-state index is 10.4. The van der Waals surface area contributed by atoms with Crippen LogP contribution in [0.3, 0.4) is 0 Å². The van der Waals surface area contributed by atoms with Crippen LogP contribution in [0.4, 0.5) is 0 Å². The van der Waals surface area contributed by atoms with Crippen molar-refractivity contribution in [2.45, 2.75) is 32.9 Å². The Morgan fingerprint density at radius 3 is 2.58 bits per heavy atom. The lowest BCUT2D eigenvalue weighted by molar-refractivity contribution is 0.249. The number of unbranched alkanes of at least 4 members (excludes halogenated alkanes) is 1. The van der Waals surface area contributed by atoms with Crippen LogP contribution in [-0.2, 0) is 13.1 Å². The van der Waals surface area contributed by atoms with Crippen molar-refractivity contribution in [3.8, 4) is 17.0 Å². The van der Waals surface area contributed by atoms with E-state index in [0.717, 1.165) is 42.8 Å². The Morgan fingerprint density at radius 2 is 1.85 bits per heavy atom. The molecule has 2 aromatic carbocycles. The van der Waals surface area contributed by atoms with E-state index in [1.54, 1.807) is 24.7 Å². The van der Waals surface area contributed by atoms with Crippen LogP contribution in [-0.4, -0.2) is 26.5 Å². The third kappa shape index (κ3) is 4.90. The molecule has 0 atom stereocenters. The average Bonchev–Trinajstić information content (AvgIpc) is 2.69. The highest BCUT2D eigenvalue weighted by atomic mass is 16.3. The summed E-state index contributed by atoms with van der Waals surface area (Å²) in [5, 5.41) is 10.4. The van der Waals surface area contributed by atoms with Gasteiger partial charge in [-0.1, -0.05) is 43.7 Å². The molecule has 3 aromatic rings. The van der Waals surface area contributed by atoms with Gasteiger partial charge in [0.15, 0.2) is 0 Å². The number of hydrogen-bond acceptors (Lipinski definition) is 4. The molecule has 1 heterocycles. The van der Waals surface area contributed by atoms with E-state index in [1.807, 2.05) is 18.2 Å². The predicted molar refractivity (Wildman–Crippen MR) is 105 cm³/mol. The Labute approximate surface area is 155 Å². The zero-order valence-electron chi connectivity index (χ0n) is 15.2. The largest absolute Gasteiger partial charge is 0.508 e. The van der Waals surface area contributed by atoms with Gasteiger partial charge in [0.1, 0.15) is 5.75 Å². The molecule has 0 unspecified atom stereocenters. The Hall–Kier alpha value is -2.72. The van der Waals surface area contributed by atoms with E-state index in [4.69, 9.17) is 0 Å². The molecule has 134 valence electrons. The summed E-state index contributed by atoms with van der Waals surface area (Å²) in [5.74, 6) is 0.326. The van der Waals surface area contributed by atoms with Crippen LogP contribution in [0.2, 0.25) is 0 Å². The van der Waals surface area contributed by atoms with Crippen LogP contribution < -0.4 is 0 Å². The Balaban J connectivity index is 1.81. The lowest BCUT2D eigenvalue weighted by Gasteiger charge is -2.23. The molecular weight excluding hydrogens is 322 g/mol. The van der Waals surface area contributed by atoms with E-state index in [-0.39, 0.29) is 0 Å². The molecule has 0 aliphatic heterocycles. The molecule has 0 radical (unpaired) electrons. The van der Waals surface area contributed by atoms with Crippen LogP contribution in [0.15, 0.2) is 67.1 Å². The highest BCUT2D eigenvalue weighted by Gasteiger charge is 2.11. The van der Waals surface area contributed by atoms with E-state index in [9.17, 15) is 5.11 Å². The number of hydrogen-bond donors (Lipinski definition) is 1. The number of nitrogens with zero attached hydrogens (tertiary/aromatic N) is 3. The van der Waals surface area contributed by atoms with Gasteiger partial charge in [0, 0.05) is 36.6 Å². The lowest BCUT2D eigenvalue weighted by Crippen LogP contribution is -2.24. The predicted octanol–water partition coefficient (Wildman–Crippen LogP) is 4.65. The minimum Gasteiger partial charge on any atom is -0.508 e. The fraction of sp³-hybridized carbons (Fsp3) is 0.273. The summed E-state index contributed by atoms with van der Waals surface area (Å²) in [4.78, 5) is 10.9. The molecule has 0 bridgehead atoms. The second-order valence-electron chi connectivity index (χ2n) is 6.48. The van der Waals surface area contributed by atoms with Crippen molar-refractivity contribution in [1.29, 1.82) is 0 Å². The first kappa shape index (κ1) is 18.1. The summed E-state index contributed by atoms with van der Waals surface area (Å²) in [6, 6.07) is 16.1. The van der Waals surface area contributed by atoms with Crippen LogP contribution >= 0.6 is 0 Å². The smallest absolute Gasteiger partial charge is 0.120 e. The third-order valence-corrected chi connectivity index (χ3v) is 4.41. The van der Waals surface area contributed by atoms with Crippen molar-refractivity contribution in [1.82, 2.24) is 14.9 Å². The van der Waals surface area contributed by atoms with Gasteiger partial charge in [-0.15, -0.1) is 0 Å². The highest BCUT2D eigenvalue weighted by molar-refractivity contribution is 5.60. The molecule has 0 aliphatic carbocycles. The molecule has 1 aromatic heterocycles. The van der Waals surface area contributed by atoms with Crippen molar-refractivity contribution < 1.29 is 5.11 Å². The first-order valence-corrected chi connectivity index (χ1v) is 9.11. The summed E-state index contributed by atoms with van der Waals surface area (Å²) in [6.45, 7) is 4.78. The number of aromatic hydroxyl groups is 1. The van der Waals surface area contributed by atoms with Gasteiger partial charge in [-0.3, -0.25) is 14.9 Å². The molecular formula is C22H25N3O. The molecule has 4 heteroatoms. The van der Waals surface area contributed by atoms with Crippen LogP contribution in [0.5, 0.6) is 5.75 Å². The second kappa shape index (κ2) is 9.11. The quantitative estimate of drug-likeness (QED) is 0.644. The standard InChI is InChI=1S/C22H25N3O/c1-2-3-13-25(16-18-7-5-4-6-8-18)17-20-14-19(9-10-22(20)26)21-15-23-11-12-24-21/h4-12,14-15,26H,2-3,13,16-17H2,1H3. The minimum absolute atomic E-state index is 0.326. The van der Waals surface area contributed by atoms with Gasteiger partial charge in [0.25, 0.3) is 0 Å². The van der Waals surface area contributed by atoms with E-state index in [0.29, 0.717) is 12.3 Å². The minimum atomic E-state index is 0.326. The average molecular weight is 347 g/mol. The lowest BCUT2D eigenvalue weighted by atomic mass is 10.1. The summed E-state index contributed by atoms with van der Waals surface area (Å²) in [5.41, 5.74) is 3.99. The first-order valence-electron chi connectivity index (χ1n) is 9.11. The maximum atomic E-state index is 10.4. The van der Waals surface area contributed by atoms with E-state index in [1.165, 1.54) is 5.56 Å². The molecule has 0 saturated heterocycles. The Bertz CT molecular complexity index is 806. The topological polar surface area (TPSA) is 49.2 Å². The van der Waals surface area contributed by atoms with E-state index >= 15 is 0 Å². The second-order valence-corrected chi connectivity index (χ2v) is 6.48. The monoisotopic (exact) mass is 347 g/mol. The van der Waals surface area contributed by atoms with Gasteiger partial charge in [0.2, 0.25) is 0 Å². The van der Waals surface area contributed by atoms with Gasteiger partial charge >= 0.3 is 0 Å². The van der Waals surface area contributed by atoms with Gasteiger partial charge in [-0.2, -0.15) is 0 Å². The van der Waals surface area contributed by atoms with E-state index in [2.05, 4.69) is 46.1 Å². The van der Waals surface area contributed by atoms with Crippen molar-refractivity contribution in [3.63, 3.8) is 0 Å². The summed E-state index contributed by atoms with van der Waals surface area (Å²) >= 11 is 0. The van der Waals surface area contributed by atoms with Crippen LogP contribution in [0.25, 0.3) is 11.3 Å². The zero-order chi connectivity index (χ0) is 18.2. The van der Waals surface area contributed by atoms with Gasteiger partial charge < -0.3 is 5.11 Å². The number of benzene rings is 2. The van der Waals surface area contributed by atoms with Gasteiger partial charge in [-0.05, 0) is 36.7 Å². The molecule has 0 saturated carbocycles. The normalized spacial score (nSPS) is 11.0. The Morgan fingerprint density at radius 1 is 1.00 bits per heavy atom. The third-order valence-electron chi connectivity index (χ3n) is 4.41. The molecule has 3 rings (SSSR count). The van der Waals surface area contributed by atoms with Crippen molar-refractivity contribution in [3.05, 3.63) is 78.2 Å². The highest BCUT2D eigenvalue weighted by Crippen LogP contribution is 2.26. The maximum Gasteiger partial charge on any atom is 0.120 e. The number of phenolic OH excluding ortho intramolecular Hbond substituents is 1. The molecule has 0 spiro atoms.